The summed E-state index contributed by atoms with van der Waals surface area (Å²) in [6.45, 7) is 5.05. The molecule has 4 aliphatic rings. The van der Waals surface area contributed by atoms with Crippen LogP contribution in [0.4, 0.5) is 0 Å². The molecule has 2 N–H and O–H groups in total. The van der Waals surface area contributed by atoms with E-state index in [0.717, 1.165) is 24.2 Å². The molecule has 4 aliphatic carbocycles. The van der Waals surface area contributed by atoms with E-state index >= 15 is 0 Å². The molecule has 4 fully saturated rings. The second-order valence-corrected chi connectivity index (χ2v) is 9.43. The van der Waals surface area contributed by atoms with E-state index < -0.39 is 5.79 Å². The first-order valence-corrected chi connectivity index (χ1v) is 9.29. The maximum absolute atomic E-state index is 10.1. The van der Waals surface area contributed by atoms with E-state index in [1.54, 1.807) is 0 Å². The lowest BCUT2D eigenvalue weighted by Crippen LogP contribution is -2.55. The van der Waals surface area contributed by atoms with Crippen LogP contribution in [-0.2, 0) is 0 Å². The first kappa shape index (κ1) is 14.5. The summed E-state index contributed by atoms with van der Waals surface area (Å²) in [5.74, 6) is 1.89. The first-order valence-electron chi connectivity index (χ1n) is 9.29. The Kier molecular flexibility index (Phi) is 3.09. The van der Waals surface area contributed by atoms with Crippen LogP contribution < -0.4 is 0 Å². The van der Waals surface area contributed by atoms with Crippen LogP contribution in [0.1, 0.15) is 78.1 Å². The summed E-state index contributed by atoms with van der Waals surface area (Å²) < 4.78 is 0. The van der Waals surface area contributed by atoms with E-state index in [1.807, 2.05) is 0 Å². The Morgan fingerprint density at radius 1 is 0.810 bits per heavy atom. The van der Waals surface area contributed by atoms with Crippen molar-refractivity contribution in [1.29, 1.82) is 0 Å². The van der Waals surface area contributed by atoms with Crippen molar-refractivity contribution in [1.82, 2.24) is 0 Å². The van der Waals surface area contributed by atoms with Crippen molar-refractivity contribution in [2.45, 2.75) is 83.8 Å². The molecule has 0 spiro atoms. The maximum atomic E-state index is 10.1. The average molecular weight is 292 g/mol. The fourth-order valence-corrected chi connectivity index (χ4v) is 7.22. The summed E-state index contributed by atoms with van der Waals surface area (Å²) in [5.41, 5.74) is 1.01. The predicted octanol–water partition coefficient (Wildman–Crippen LogP) is 4.10. The largest absolute Gasteiger partial charge is 0.366 e. The summed E-state index contributed by atoms with van der Waals surface area (Å²) in [4.78, 5) is 0. The molecule has 0 saturated heterocycles. The van der Waals surface area contributed by atoms with Gasteiger partial charge in [-0.1, -0.05) is 20.3 Å². The van der Waals surface area contributed by atoms with Crippen LogP contribution in [0.5, 0.6) is 0 Å². The summed E-state index contributed by atoms with van der Waals surface area (Å²) in [5, 5.41) is 20.1. The third kappa shape index (κ3) is 2.05. The highest BCUT2D eigenvalue weighted by atomic mass is 16.5. The number of hydrogen-bond donors (Lipinski definition) is 2. The van der Waals surface area contributed by atoms with Gasteiger partial charge < -0.3 is 10.2 Å². The van der Waals surface area contributed by atoms with Crippen molar-refractivity contribution < 1.29 is 10.2 Å². The average Bonchev–Trinajstić information content (AvgIpc) is 2.81. The lowest BCUT2D eigenvalue weighted by Gasteiger charge is -2.61. The maximum Gasteiger partial charge on any atom is 0.162 e. The predicted molar refractivity (Wildman–Crippen MR) is 83.5 cm³/mol. The number of fused-ring (bicyclic) bond motifs is 5. The van der Waals surface area contributed by atoms with Gasteiger partial charge in [-0.15, -0.1) is 0 Å². The highest BCUT2D eigenvalue weighted by molar-refractivity contribution is 5.07. The Hall–Kier alpha value is -0.0800. The molecule has 2 heteroatoms. The summed E-state index contributed by atoms with van der Waals surface area (Å²) in [6, 6.07) is 0. The van der Waals surface area contributed by atoms with Gasteiger partial charge in [-0.05, 0) is 79.4 Å². The standard InChI is InChI=1S/C19H32O2/c1-17-8-3-4-15(17)14-6-5-13-12-19(20,21)11-10-18(13,2)16(14)7-9-17/h13-16,20-21H,3-12H2,1-2H3/t13?,14-,15-,16+,17-,18-/m0/s1. The zero-order chi connectivity index (χ0) is 14.9. The van der Waals surface area contributed by atoms with Gasteiger partial charge in [0.25, 0.3) is 0 Å². The van der Waals surface area contributed by atoms with Gasteiger partial charge in [0.1, 0.15) is 0 Å². The van der Waals surface area contributed by atoms with Crippen molar-refractivity contribution in [2.24, 2.45) is 34.5 Å². The van der Waals surface area contributed by atoms with E-state index in [-0.39, 0.29) is 0 Å². The quantitative estimate of drug-likeness (QED) is 0.660. The van der Waals surface area contributed by atoms with Crippen LogP contribution in [0.25, 0.3) is 0 Å². The zero-order valence-corrected chi connectivity index (χ0v) is 13.8. The Labute approximate surface area is 129 Å². The van der Waals surface area contributed by atoms with Crippen LogP contribution >= 0.6 is 0 Å². The van der Waals surface area contributed by atoms with E-state index in [1.165, 1.54) is 44.9 Å². The Balaban J connectivity index is 1.62. The lowest BCUT2D eigenvalue weighted by molar-refractivity contribution is -0.232. The molecule has 1 unspecified atom stereocenters. The molecule has 4 rings (SSSR count). The van der Waals surface area contributed by atoms with Crippen molar-refractivity contribution in [3.8, 4) is 0 Å². The number of aliphatic hydroxyl groups is 2. The lowest BCUT2D eigenvalue weighted by atomic mass is 9.45. The van der Waals surface area contributed by atoms with Gasteiger partial charge in [-0.2, -0.15) is 0 Å². The van der Waals surface area contributed by atoms with Gasteiger partial charge in [0, 0.05) is 12.8 Å². The van der Waals surface area contributed by atoms with Crippen molar-refractivity contribution in [3.63, 3.8) is 0 Å². The molecule has 120 valence electrons. The molecule has 0 heterocycles. The van der Waals surface area contributed by atoms with Gasteiger partial charge >= 0.3 is 0 Å². The van der Waals surface area contributed by atoms with Crippen LogP contribution in [0, 0.1) is 34.5 Å². The summed E-state index contributed by atoms with van der Waals surface area (Å²) in [6.07, 6.45) is 12.0. The van der Waals surface area contributed by atoms with E-state index in [9.17, 15) is 10.2 Å². The van der Waals surface area contributed by atoms with Gasteiger partial charge in [0.05, 0.1) is 0 Å². The van der Waals surface area contributed by atoms with Crippen molar-refractivity contribution in [3.05, 3.63) is 0 Å². The Bertz CT molecular complexity index is 431. The monoisotopic (exact) mass is 292 g/mol. The molecule has 4 saturated carbocycles. The van der Waals surface area contributed by atoms with Gasteiger partial charge in [0.15, 0.2) is 5.79 Å². The molecular weight excluding hydrogens is 260 g/mol. The van der Waals surface area contributed by atoms with Crippen LogP contribution in [0.3, 0.4) is 0 Å². The SMILES string of the molecule is C[C@@]12CCC[C@H]1[C@@H]1CCC3CC(O)(O)CC[C@]3(C)[C@@H]1CC2. The molecule has 0 amide bonds. The van der Waals surface area contributed by atoms with Crippen LogP contribution in [-0.4, -0.2) is 16.0 Å². The molecule has 0 aromatic heterocycles. The van der Waals surface area contributed by atoms with Crippen molar-refractivity contribution >= 4 is 0 Å². The minimum atomic E-state index is -1.38. The van der Waals surface area contributed by atoms with E-state index in [2.05, 4.69) is 13.8 Å². The van der Waals surface area contributed by atoms with Crippen LogP contribution in [0.15, 0.2) is 0 Å². The number of hydrogen-bond acceptors (Lipinski definition) is 2. The molecule has 0 radical (unpaired) electrons. The topological polar surface area (TPSA) is 40.5 Å². The molecule has 0 aliphatic heterocycles. The smallest absolute Gasteiger partial charge is 0.162 e. The first-order chi connectivity index (χ1) is 9.84. The minimum Gasteiger partial charge on any atom is -0.366 e. The van der Waals surface area contributed by atoms with Crippen molar-refractivity contribution in [2.75, 3.05) is 0 Å². The molecule has 2 nitrogen and oxygen atoms in total. The second-order valence-electron chi connectivity index (χ2n) is 9.43. The Morgan fingerprint density at radius 3 is 2.43 bits per heavy atom. The van der Waals surface area contributed by atoms with Gasteiger partial charge in [0.2, 0.25) is 0 Å². The highest BCUT2D eigenvalue weighted by Gasteiger charge is 2.59. The fourth-order valence-electron chi connectivity index (χ4n) is 7.22. The highest BCUT2D eigenvalue weighted by Crippen LogP contribution is 2.66. The molecular formula is C19H32O2. The second kappa shape index (κ2) is 4.47. The fraction of sp³-hybridized carbons (Fsp3) is 1.00. The van der Waals surface area contributed by atoms with E-state index in [0.29, 0.717) is 29.6 Å². The molecule has 0 bridgehead atoms. The third-order valence-electron chi connectivity index (χ3n) is 8.48. The van der Waals surface area contributed by atoms with Gasteiger partial charge in [-0.3, -0.25) is 0 Å². The summed E-state index contributed by atoms with van der Waals surface area (Å²) >= 11 is 0. The minimum absolute atomic E-state index is 0.377. The zero-order valence-electron chi connectivity index (χ0n) is 13.8. The van der Waals surface area contributed by atoms with Crippen LogP contribution in [0.2, 0.25) is 0 Å². The number of rotatable bonds is 0. The molecule has 0 aromatic carbocycles. The molecule has 21 heavy (non-hydrogen) atoms. The normalized spacial score (nSPS) is 55.4. The van der Waals surface area contributed by atoms with Gasteiger partial charge in [-0.25, -0.2) is 0 Å². The Morgan fingerprint density at radius 2 is 1.62 bits per heavy atom. The third-order valence-corrected chi connectivity index (χ3v) is 8.48. The summed E-state index contributed by atoms with van der Waals surface area (Å²) in [7, 11) is 0. The molecule has 0 aromatic rings. The molecule has 6 atom stereocenters. The van der Waals surface area contributed by atoms with E-state index in [4.69, 9.17) is 0 Å².